The molecule has 0 aliphatic carbocycles. The van der Waals surface area contributed by atoms with Crippen LogP contribution in [0.1, 0.15) is 39.5 Å². The van der Waals surface area contributed by atoms with Gasteiger partial charge in [-0.3, -0.25) is 0 Å². The predicted octanol–water partition coefficient (Wildman–Crippen LogP) is 4.34. The van der Waals surface area contributed by atoms with Crippen molar-refractivity contribution in [1.29, 1.82) is 0 Å². The van der Waals surface area contributed by atoms with Crippen molar-refractivity contribution in [2.75, 3.05) is 0 Å². The summed E-state index contributed by atoms with van der Waals surface area (Å²) >= 11 is 0. The van der Waals surface area contributed by atoms with Crippen molar-refractivity contribution in [1.82, 2.24) is 0 Å². The molecule has 0 amide bonds. The molecule has 0 heterocycles. The fraction of sp³-hybridized carbons (Fsp3) is 0.333. The van der Waals surface area contributed by atoms with E-state index < -0.39 is 6.10 Å². The van der Waals surface area contributed by atoms with Crippen LogP contribution in [0.3, 0.4) is 0 Å². The van der Waals surface area contributed by atoms with Crippen molar-refractivity contribution >= 4 is 0 Å². The molecular weight excluding hydrogens is 251 g/mol. The first-order valence-electron chi connectivity index (χ1n) is 6.89. The van der Waals surface area contributed by atoms with Crippen molar-refractivity contribution in [2.24, 2.45) is 0 Å². The van der Waals surface area contributed by atoms with Gasteiger partial charge in [-0.25, -0.2) is 4.39 Å². The molecule has 0 radical (unpaired) electrons. The molecule has 0 saturated heterocycles. The topological polar surface area (TPSA) is 20.2 Å². The van der Waals surface area contributed by atoms with Crippen LogP contribution in [0.15, 0.2) is 30.3 Å². The smallest absolute Gasteiger partial charge is 0.129 e. The molecule has 2 aromatic carbocycles. The van der Waals surface area contributed by atoms with Gasteiger partial charge in [0, 0.05) is 12.0 Å². The Morgan fingerprint density at radius 3 is 2.10 bits per heavy atom. The summed E-state index contributed by atoms with van der Waals surface area (Å²) in [4.78, 5) is 0. The summed E-state index contributed by atoms with van der Waals surface area (Å²) in [6.07, 6.45) is -0.367. The van der Waals surface area contributed by atoms with E-state index in [-0.39, 0.29) is 5.82 Å². The van der Waals surface area contributed by atoms with Gasteiger partial charge in [0.1, 0.15) is 5.82 Å². The number of rotatable bonds is 3. The highest BCUT2D eigenvalue weighted by Crippen LogP contribution is 2.26. The highest BCUT2D eigenvalue weighted by atomic mass is 19.1. The highest BCUT2D eigenvalue weighted by molar-refractivity contribution is 5.39. The Labute approximate surface area is 120 Å². The molecule has 106 valence electrons. The summed E-state index contributed by atoms with van der Waals surface area (Å²) in [5.74, 6) is -0.333. The minimum Gasteiger partial charge on any atom is -0.388 e. The van der Waals surface area contributed by atoms with Crippen LogP contribution in [0.2, 0.25) is 0 Å². The first-order valence-corrected chi connectivity index (χ1v) is 6.89. The van der Waals surface area contributed by atoms with Crippen molar-refractivity contribution in [2.45, 2.75) is 40.2 Å². The number of halogens is 1. The number of aliphatic hydroxyl groups excluding tert-OH is 1. The van der Waals surface area contributed by atoms with Gasteiger partial charge in [0.2, 0.25) is 0 Å². The van der Waals surface area contributed by atoms with Gasteiger partial charge in [-0.05, 0) is 56.0 Å². The third kappa shape index (κ3) is 3.07. The molecule has 1 N–H and O–H groups in total. The normalized spacial score (nSPS) is 12.5. The maximum atomic E-state index is 13.9. The van der Waals surface area contributed by atoms with Crippen LogP contribution in [0.4, 0.5) is 4.39 Å². The van der Waals surface area contributed by atoms with Crippen LogP contribution >= 0.6 is 0 Å². The van der Waals surface area contributed by atoms with Crippen LogP contribution in [0, 0.1) is 33.5 Å². The van der Waals surface area contributed by atoms with Crippen LogP contribution < -0.4 is 0 Å². The number of benzene rings is 2. The summed E-state index contributed by atoms with van der Waals surface area (Å²) in [5.41, 5.74) is 5.84. The molecular formula is C18H21FO. The lowest BCUT2D eigenvalue weighted by molar-refractivity contribution is 0.173. The van der Waals surface area contributed by atoms with Crippen molar-refractivity contribution in [3.05, 3.63) is 69.5 Å². The van der Waals surface area contributed by atoms with E-state index in [1.165, 1.54) is 11.6 Å². The molecule has 0 saturated carbocycles. The third-order valence-electron chi connectivity index (χ3n) is 3.75. The SMILES string of the molecule is Cc1cc(C)c(CC(O)c2ccc(C)cc2F)c(C)c1. The zero-order valence-corrected chi connectivity index (χ0v) is 12.5. The largest absolute Gasteiger partial charge is 0.388 e. The van der Waals surface area contributed by atoms with Gasteiger partial charge in [-0.2, -0.15) is 0 Å². The van der Waals surface area contributed by atoms with Crippen molar-refractivity contribution in [3.8, 4) is 0 Å². The lowest BCUT2D eigenvalue weighted by atomic mass is 9.92. The molecule has 0 bridgehead atoms. The van der Waals surface area contributed by atoms with Gasteiger partial charge in [-0.1, -0.05) is 29.8 Å². The second-order valence-corrected chi connectivity index (χ2v) is 5.62. The van der Waals surface area contributed by atoms with E-state index in [2.05, 4.69) is 19.1 Å². The van der Waals surface area contributed by atoms with E-state index >= 15 is 0 Å². The minimum absolute atomic E-state index is 0.333. The van der Waals surface area contributed by atoms with Crippen LogP contribution in [-0.2, 0) is 6.42 Å². The molecule has 2 aromatic rings. The number of hydrogen-bond donors (Lipinski definition) is 1. The molecule has 0 aromatic heterocycles. The standard InChI is InChI=1S/C18H21FO/c1-11-5-6-15(17(19)9-11)18(20)10-16-13(3)7-12(2)8-14(16)4/h5-9,18,20H,10H2,1-4H3. The zero-order chi connectivity index (χ0) is 14.9. The quantitative estimate of drug-likeness (QED) is 0.881. The number of aryl methyl sites for hydroxylation is 4. The van der Waals surface area contributed by atoms with E-state index in [0.29, 0.717) is 12.0 Å². The van der Waals surface area contributed by atoms with E-state index in [4.69, 9.17) is 0 Å². The van der Waals surface area contributed by atoms with Crippen LogP contribution in [-0.4, -0.2) is 5.11 Å². The average Bonchev–Trinajstić information content (AvgIpc) is 2.33. The molecule has 2 rings (SSSR count). The Hall–Kier alpha value is -1.67. The molecule has 1 atom stereocenters. The Morgan fingerprint density at radius 2 is 1.55 bits per heavy atom. The Kier molecular flexibility index (Phi) is 4.24. The summed E-state index contributed by atoms with van der Waals surface area (Å²) in [5, 5.41) is 10.3. The number of aliphatic hydroxyl groups is 1. The third-order valence-corrected chi connectivity index (χ3v) is 3.75. The molecule has 1 nitrogen and oxygen atoms in total. The van der Waals surface area contributed by atoms with Gasteiger partial charge in [0.15, 0.2) is 0 Å². The maximum Gasteiger partial charge on any atom is 0.129 e. The second kappa shape index (κ2) is 5.76. The molecule has 0 aliphatic heterocycles. The van der Waals surface area contributed by atoms with Gasteiger partial charge in [-0.15, -0.1) is 0 Å². The monoisotopic (exact) mass is 272 g/mol. The van der Waals surface area contributed by atoms with Crippen molar-refractivity contribution < 1.29 is 9.50 Å². The first-order chi connectivity index (χ1) is 9.38. The predicted molar refractivity (Wildman–Crippen MR) is 80.5 cm³/mol. The van der Waals surface area contributed by atoms with Crippen LogP contribution in [0.5, 0.6) is 0 Å². The fourth-order valence-corrected chi connectivity index (χ4v) is 2.74. The van der Waals surface area contributed by atoms with Crippen LogP contribution in [0.25, 0.3) is 0 Å². The summed E-state index contributed by atoms with van der Waals surface area (Å²) < 4.78 is 13.9. The Balaban J connectivity index is 2.30. The van der Waals surface area contributed by atoms with Gasteiger partial charge >= 0.3 is 0 Å². The summed E-state index contributed by atoms with van der Waals surface area (Å²) in [6.45, 7) is 7.97. The van der Waals surface area contributed by atoms with E-state index in [1.807, 2.05) is 26.8 Å². The first kappa shape index (κ1) is 14.7. The molecule has 0 aliphatic rings. The Bertz CT molecular complexity index is 608. The summed E-state index contributed by atoms with van der Waals surface area (Å²) in [7, 11) is 0. The lowest BCUT2D eigenvalue weighted by Gasteiger charge is -2.17. The molecule has 0 spiro atoms. The zero-order valence-electron chi connectivity index (χ0n) is 12.5. The van der Waals surface area contributed by atoms with Crippen molar-refractivity contribution in [3.63, 3.8) is 0 Å². The van der Waals surface area contributed by atoms with Gasteiger partial charge in [0.05, 0.1) is 6.10 Å². The van der Waals surface area contributed by atoms with E-state index in [9.17, 15) is 9.50 Å². The molecule has 0 fully saturated rings. The average molecular weight is 272 g/mol. The molecule has 2 heteroatoms. The van der Waals surface area contributed by atoms with Gasteiger partial charge in [0.25, 0.3) is 0 Å². The van der Waals surface area contributed by atoms with E-state index in [1.54, 1.807) is 6.07 Å². The molecule has 20 heavy (non-hydrogen) atoms. The molecule has 1 unspecified atom stereocenters. The maximum absolute atomic E-state index is 13.9. The van der Waals surface area contributed by atoms with Gasteiger partial charge < -0.3 is 5.11 Å². The Morgan fingerprint density at radius 1 is 0.950 bits per heavy atom. The highest BCUT2D eigenvalue weighted by Gasteiger charge is 2.16. The second-order valence-electron chi connectivity index (χ2n) is 5.62. The minimum atomic E-state index is -0.810. The van der Waals surface area contributed by atoms with E-state index in [0.717, 1.165) is 22.3 Å². The fourth-order valence-electron chi connectivity index (χ4n) is 2.74. The lowest BCUT2D eigenvalue weighted by Crippen LogP contribution is -2.07. The number of hydrogen-bond acceptors (Lipinski definition) is 1. The summed E-state index contributed by atoms with van der Waals surface area (Å²) in [6, 6.07) is 9.17.